The highest BCUT2D eigenvalue weighted by Gasteiger charge is 2.30. The fourth-order valence-corrected chi connectivity index (χ4v) is 5.23. The maximum atomic E-state index is 13.6. The molecule has 0 spiro atoms. The van der Waals surface area contributed by atoms with E-state index >= 15 is 0 Å². The summed E-state index contributed by atoms with van der Waals surface area (Å²) in [5, 5.41) is 26.3. The Labute approximate surface area is 192 Å². The molecule has 1 aromatic carbocycles. The van der Waals surface area contributed by atoms with Gasteiger partial charge in [0.25, 0.3) is 5.92 Å². The monoisotopic (exact) mass is 459 g/mol. The molecular weight excluding hydrogens is 428 g/mol. The van der Waals surface area contributed by atoms with Crippen molar-refractivity contribution in [1.82, 2.24) is 20.4 Å². The third-order valence-electron chi connectivity index (χ3n) is 7.06. The second kappa shape index (κ2) is 9.12. The van der Waals surface area contributed by atoms with Crippen molar-refractivity contribution >= 4 is 5.82 Å². The molecule has 0 unspecified atom stereocenters. The first-order valence-electron chi connectivity index (χ1n) is 11.8. The number of anilines is 1. The van der Waals surface area contributed by atoms with Crippen LogP contribution in [-0.2, 0) is 23.9 Å². The molecule has 7 nitrogen and oxygen atoms in total. The first-order valence-corrected chi connectivity index (χ1v) is 11.8. The first-order chi connectivity index (χ1) is 15.9. The van der Waals surface area contributed by atoms with Gasteiger partial charge in [0.2, 0.25) is 0 Å². The lowest BCUT2D eigenvalue weighted by atomic mass is 9.98. The zero-order chi connectivity index (χ0) is 23.0. The van der Waals surface area contributed by atoms with Gasteiger partial charge in [-0.15, -0.1) is 10.2 Å². The van der Waals surface area contributed by atoms with E-state index in [0.717, 1.165) is 69.0 Å². The normalized spacial score (nSPS) is 22.3. The molecule has 2 saturated heterocycles. The van der Waals surface area contributed by atoms with E-state index in [9.17, 15) is 13.9 Å². The van der Waals surface area contributed by atoms with Crippen molar-refractivity contribution < 1.29 is 18.6 Å². The Kier molecular flexibility index (Phi) is 6.20. The molecule has 5 rings (SSSR count). The molecule has 0 saturated carbocycles. The van der Waals surface area contributed by atoms with Crippen LogP contribution in [0.4, 0.5) is 14.6 Å². The van der Waals surface area contributed by atoms with Crippen molar-refractivity contribution in [2.45, 2.75) is 63.8 Å². The molecule has 4 heterocycles. The highest BCUT2D eigenvalue weighted by molar-refractivity contribution is 5.73. The summed E-state index contributed by atoms with van der Waals surface area (Å²) in [5.41, 5.74) is 2.42. The number of fused-ring (bicyclic) bond motifs is 1. The van der Waals surface area contributed by atoms with Crippen molar-refractivity contribution in [3.8, 4) is 17.0 Å². The van der Waals surface area contributed by atoms with Gasteiger partial charge in [-0.1, -0.05) is 6.07 Å². The number of alkyl halides is 2. The lowest BCUT2D eigenvalue weighted by Gasteiger charge is -2.40. The van der Waals surface area contributed by atoms with Crippen molar-refractivity contribution in [2.24, 2.45) is 0 Å². The van der Waals surface area contributed by atoms with Crippen LogP contribution >= 0.6 is 0 Å². The Bertz CT molecular complexity index is 1010. The SMILES string of the molecule is CC(F)(F)c1ccc(-c2nnc(N[C@@H]3CCCN(C4CCNCC4)C3)c3c2COC3)c(O)c1. The van der Waals surface area contributed by atoms with Gasteiger partial charge >= 0.3 is 0 Å². The molecule has 0 bridgehead atoms. The van der Waals surface area contributed by atoms with Gasteiger partial charge in [-0.05, 0) is 57.5 Å². The summed E-state index contributed by atoms with van der Waals surface area (Å²) in [7, 11) is 0. The summed E-state index contributed by atoms with van der Waals surface area (Å²) < 4.78 is 33.0. The third-order valence-corrected chi connectivity index (χ3v) is 7.06. The van der Waals surface area contributed by atoms with Gasteiger partial charge in [0, 0.05) is 47.8 Å². The summed E-state index contributed by atoms with van der Waals surface area (Å²) in [6.45, 7) is 5.87. The van der Waals surface area contributed by atoms with Gasteiger partial charge < -0.3 is 20.5 Å². The number of hydrogen-bond acceptors (Lipinski definition) is 7. The molecular formula is C24H31F2N5O2. The Balaban J connectivity index is 1.36. The highest BCUT2D eigenvalue weighted by atomic mass is 19.3. The number of aromatic hydroxyl groups is 1. The van der Waals surface area contributed by atoms with Gasteiger partial charge in [0.1, 0.15) is 11.4 Å². The second-order valence-electron chi connectivity index (χ2n) is 9.43. The van der Waals surface area contributed by atoms with Crippen LogP contribution in [-0.4, -0.2) is 58.5 Å². The number of benzene rings is 1. The number of phenolic OH excluding ortho intramolecular Hbond substituents is 1. The molecule has 3 aliphatic heterocycles. The molecule has 0 aliphatic carbocycles. The van der Waals surface area contributed by atoms with Crippen LogP contribution in [0.1, 0.15) is 49.3 Å². The van der Waals surface area contributed by atoms with Crippen molar-refractivity contribution in [3.63, 3.8) is 0 Å². The van der Waals surface area contributed by atoms with Gasteiger partial charge in [-0.2, -0.15) is 0 Å². The third kappa shape index (κ3) is 4.67. The number of nitrogens with one attached hydrogen (secondary N) is 2. The minimum atomic E-state index is -3.03. The second-order valence-corrected chi connectivity index (χ2v) is 9.43. The topological polar surface area (TPSA) is 82.5 Å². The number of rotatable bonds is 5. The van der Waals surface area contributed by atoms with E-state index in [0.29, 0.717) is 30.5 Å². The van der Waals surface area contributed by atoms with Gasteiger partial charge in [0.05, 0.1) is 13.2 Å². The van der Waals surface area contributed by atoms with Crippen LogP contribution < -0.4 is 10.6 Å². The average Bonchev–Trinajstić information content (AvgIpc) is 3.30. The maximum Gasteiger partial charge on any atom is 0.270 e. The first kappa shape index (κ1) is 22.4. The summed E-state index contributed by atoms with van der Waals surface area (Å²) in [6.07, 6.45) is 4.61. The number of halogens is 2. The van der Waals surface area contributed by atoms with E-state index in [1.165, 1.54) is 25.0 Å². The Morgan fingerprint density at radius 1 is 1.15 bits per heavy atom. The predicted molar refractivity (Wildman–Crippen MR) is 121 cm³/mol. The van der Waals surface area contributed by atoms with Crippen LogP contribution in [0.2, 0.25) is 0 Å². The molecule has 3 N–H and O–H groups in total. The summed E-state index contributed by atoms with van der Waals surface area (Å²) >= 11 is 0. The smallest absolute Gasteiger partial charge is 0.270 e. The molecule has 9 heteroatoms. The molecule has 2 fully saturated rings. The van der Waals surface area contributed by atoms with Crippen LogP contribution in [0.25, 0.3) is 11.3 Å². The number of piperidine rings is 2. The minimum absolute atomic E-state index is 0.233. The van der Waals surface area contributed by atoms with Crippen molar-refractivity contribution in [2.75, 3.05) is 31.5 Å². The number of likely N-dealkylation sites (tertiary alicyclic amines) is 1. The quantitative estimate of drug-likeness (QED) is 0.630. The molecule has 2 aromatic rings. The standard InChI is InChI=1S/C24H31F2N5O2/c1-24(25,26)15-4-5-18(21(32)11-15)22-19-13-33-14-20(19)23(30-29-22)28-16-3-2-10-31(12-16)17-6-8-27-9-7-17/h4-5,11,16-17,27,32H,2-3,6-10,12-14H2,1H3,(H,28,30)/t16-/m1/s1. The number of phenols is 1. The van der Waals surface area contributed by atoms with E-state index in [-0.39, 0.29) is 17.4 Å². The zero-order valence-corrected chi connectivity index (χ0v) is 18.9. The summed E-state index contributed by atoms with van der Waals surface area (Å²) in [4.78, 5) is 2.60. The number of ether oxygens (including phenoxy) is 1. The Hall–Kier alpha value is -2.36. The molecule has 1 aromatic heterocycles. The van der Waals surface area contributed by atoms with E-state index in [2.05, 4.69) is 25.7 Å². The fraction of sp³-hybridized carbons (Fsp3) is 0.583. The largest absolute Gasteiger partial charge is 0.507 e. The maximum absolute atomic E-state index is 13.6. The number of aromatic nitrogens is 2. The summed E-state index contributed by atoms with van der Waals surface area (Å²) in [5.74, 6) is -2.54. The Morgan fingerprint density at radius 3 is 2.70 bits per heavy atom. The van der Waals surface area contributed by atoms with Crippen LogP contribution in [0.5, 0.6) is 5.75 Å². The van der Waals surface area contributed by atoms with Crippen LogP contribution in [0.3, 0.4) is 0 Å². The fourth-order valence-electron chi connectivity index (χ4n) is 5.23. The number of hydrogen-bond donors (Lipinski definition) is 3. The Morgan fingerprint density at radius 2 is 1.94 bits per heavy atom. The lowest BCUT2D eigenvalue weighted by molar-refractivity contribution is 0.0173. The zero-order valence-electron chi connectivity index (χ0n) is 18.9. The molecule has 1 atom stereocenters. The molecule has 33 heavy (non-hydrogen) atoms. The van der Waals surface area contributed by atoms with Crippen LogP contribution in [0.15, 0.2) is 18.2 Å². The highest BCUT2D eigenvalue weighted by Crippen LogP contribution is 2.39. The van der Waals surface area contributed by atoms with Gasteiger partial charge in [-0.3, -0.25) is 4.90 Å². The molecule has 178 valence electrons. The van der Waals surface area contributed by atoms with Gasteiger partial charge in [0.15, 0.2) is 5.82 Å². The van der Waals surface area contributed by atoms with Crippen molar-refractivity contribution in [1.29, 1.82) is 0 Å². The van der Waals surface area contributed by atoms with Gasteiger partial charge in [-0.25, -0.2) is 8.78 Å². The van der Waals surface area contributed by atoms with Crippen molar-refractivity contribution in [3.05, 3.63) is 34.9 Å². The van der Waals surface area contributed by atoms with E-state index < -0.39 is 5.92 Å². The molecule has 0 radical (unpaired) electrons. The minimum Gasteiger partial charge on any atom is -0.507 e. The van der Waals surface area contributed by atoms with E-state index in [4.69, 9.17) is 4.74 Å². The number of nitrogens with zero attached hydrogens (tertiary/aromatic N) is 3. The van der Waals surface area contributed by atoms with Crippen LogP contribution in [0, 0.1) is 0 Å². The molecule has 3 aliphatic rings. The predicted octanol–water partition coefficient (Wildman–Crippen LogP) is 3.62. The average molecular weight is 460 g/mol. The lowest BCUT2D eigenvalue weighted by Crippen LogP contribution is -2.50. The van der Waals surface area contributed by atoms with E-state index in [1.807, 2.05) is 0 Å². The van der Waals surface area contributed by atoms with E-state index in [1.54, 1.807) is 0 Å². The summed E-state index contributed by atoms with van der Waals surface area (Å²) in [6, 6.07) is 4.83. The molecule has 0 amide bonds.